The molecule has 0 spiro atoms. The van der Waals surface area contributed by atoms with Gasteiger partial charge in [0.05, 0.1) is 16.7 Å². The Morgan fingerprint density at radius 1 is 0.267 bits per heavy atom. The van der Waals surface area contributed by atoms with Crippen LogP contribution in [0.4, 0.5) is 17.1 Å². The third-order valence-electron chi connectivity index (χ3n) is 11.8. The Morgan fingerprint density at radius 3 is 1.33 bits per heavy atom. The molecule has 1 heterocycles. The predicted molar refractivity (Wildman–Crippen MR) is 255 cm³/mol. The van der Waals surface area contributed by atoms with Crippen LogP contribution in [0.3, 0.4) is 0 Å². The van der Waals surface area contributed by atoms with E-state index < -0.39 is 0 Å². The lowest BCUT2D eigenvalue weighted by Crippen LogP contribution is -2.10. The highest BCUT2D eigenvalue weighted by atomic mass is 15.1. The minimum absolute atomic E-state index is 1.08. The van der Waals surface area contributed by atoms with Gasteiger partial charge in [-0.1, -0.05) is 188 Å². The molecule has 0 aliphatic rings. The van der Waals surface area contributed by atoms with Gasteiger partial charge in [0.2, 0.25) is 0 Å². The molecule has 0 aliphatic carbocycles. The smallest absolute Gasteiger partial charge is 0.0562 e. The van der Waals surface area contributed by atoms with Crippen molar-refractivity contribution in [3.63, 3.8) is 0 Å². The van der Waals surface area contributed by atoms with Crippen molar-refractivity contribution in [1.29, 1.82) is 0 Å². The van der Waals surface area contributed by atoms with Crippen LogP contribution in [-0.2, 0) is 0 Å². The van der Waals surface area contributed by atoms with E-state index in [-0.39, 0.29) is 0 Å². The van der Waals surface area contributed by atoms with Crippen molar-refractivity contribution < 1.29 is 0 Å². The van der Waals surface area contributed by atoms with Gasteiger partial charge in [-0.3, -0.25) is 0 Å². The molecule has 2 nitrogen and oxygen atoms in total. The van der Waals surface area contributed by atoms with Crippen LogP contribution in [0.2, 0.25) is 0 Å². The lowest BCUT2D eigenvalue weighted by atomic mass is 9.94. The zero-order valence-electron chi connectivity index (χ0n) is 33.0. The fourth-order valence-corrected chi connectivity index (χ4v) is 8.89. The molecule has 0 bridgehead atoms. The van der Waals surface area contributed by atoms with Crippen LogP contribution >= 0.6 is 0 Å². The van der Waals surface area contributed by atoms with Crippen molar-refractivity contribution in [2.24, 2.45) is 0 Å². The van der Waals surface area contributed by atoms with Crippen molar-refractivity contribution in [2.45, 2.75) is 0 Å². The van der Waals surface area contributed by atoms with Gasteiger partial charge in [0.15, 0.2) is 0 Å². The molecule has 0 amide bonds. The number of hydrogen-bond acceptors (Lipinski definition) is 1. The van der Waals surface area contributed by atoms with E-state index in [9.17, 15) is 0 Å². The van der Waals surface area contributed by atoms with Crippen LogP contribution in [0.25, 0.3) is 82.8 Å². The van der Waals surface area contributed by atoms with Crippen LogP contribution < -0.4 is 4.90 Å². The van der Waals surface area contributed by atoms with Crippen LogP contribution in [0.15, 0.2) is 243 Å². The number of nitrogens with zero attached hydrogens (tertiary/aromatic N) is 2. The van der Waals surface area contributed by atoms with Crippen molar-refractivity contribution in [2.75, 3.05) is 4.90 Å². The molecule has 0 fully saturated rings. The topological polar surface area (TPSA) is 8.17 Å². The summed E-state index contributed by atoms with van der Waals surface area (Å²) in [6.07, 6.45) is 0. The van der Waals surface area contributed by atoms with Gasteiger partial charge >= 0.3 is 0 Å². The van der Waals surface area contributed by atoms with E-state index in [0.29, 0.717) is 0 Å². The van der Waals surface area contributed by atoms with Gasteiger partial charge in [0.25, 0.3) is 0 Å². The van der Waals surface area contributed by atoms with E-state index >= 15 is 0 Å². The van der Waals surface area contributed by atoms with Crippen molar-refractivity contribution in [3.05, 3.63) is 243 Å². The predicted octanol–water partition coefficient (Wildman–Crippen LogP) is 16.1. The van der Waals surface area contributed by atoms with Crippen LogP contribution in [-0.4, -0.2) is 4.57 Å². The van der Waals surface area contributed by atoms with Crippen LogP contribution in [0.5, 0.6) is 0 Å². The number of rotatable bonds is 8. The van der Waals surface area contributed by atoms with Crippen LogP contribution in [0.1, 0.15) is 0 Å². The molecule has 10 aromatic carbocycles. The number of benzene rings is 10. The fourth-order valence-electron chi connectivity index (χ4n) is 8.89. The zero-order chi connectivity index (χ0) is 39.8. The van der Waals surface area contributed by atoms with Gasteiger partial charge in [-0.25, -0.2) is 0 Å². The molecule has 60 heavy (non-hydrogen) atoms. The first-order valence-electron chi connectivity index (χ1n) is 20.6. The molecule has 1 aromatic heterocycles. The Balaban J connectivity index is 1.11. The number of anilines is 3. The molecular weight excluding hydrogens is 725 g/mol. The lowest BCUT2D eigenvalue weighted by molar-refractivity contribution is 1.18. The standard InChI is InChI=1S/C58H40N2/c1-4-16-41(17-5-1)42-28-32-48(33-29-42)59(49-34-30-45(31-35-49)52-25-13-12-24-51(52)43-18-6-2-7-19-43)50-36-37-54-53-26-14-15-27-56(53)60(58(54)40-50)57-39-47-23-11-10-22-46(47)38-55(57)44-20-8-3-9-21-44/h1-40H. The highest BCUT2D eigenvalue weighted by Gasteiger charge is 2.20. The van der Waals surface area contributed by atoms with E-state index in [1.165, 1.54) is 71.6 Å². The molecule has 11 aromatic rings. The maximum Gasteiger partial charge on any atom is 0.0562 e. The Morgan fingerprint density at radius 2 is 0.700 bits per heavy atom. The van der Waals surface area contributed by atoms with E-state index in [0.717, 1.165) is 28.3 Å². The summed E-state index contributed by atoms with van der Waals surface area (Å²) in [5.41, 5.74) is 16.3. The summed E-state index contributed by atoms with van der Waals surface area (Å²) in [4.78, 5) is 2.39. The van der Waals surface area contributed by atoms with Gasteiger partial charge in [0, 0.05) is 33.4 Å². The van der Waals surface area contributed by atoms with Gasteiger partial charge in [-0.2, -0.15) is 0 Å². The highest BCUT2D eigenvalue weighted by molar-refractivity contribution is 6.11. The van der Waals surface area contributed by atoms with Crippen LogP contribution in [0, 0.1) is 0 Å². The summed E-state index contributed by atoms with van der Waals surface area (Å²) in [5, 5.41) is 4.88. The summed E-state index contributed by atoms with van der Waals surface area (Å²) in [5.74, 6) is 0. The fraction of sp³-hybridized carbons (Fsp3) is 0. The summed E-state index contributed by atoms with van der Waals surface area (Å²) in [7, 11) is 0. The van der Waals surface area contributed by atoms with Crippen molar-refractivity contribution in [1.82, 2.24) is 4.57 Å². The third kappa shape index (κ3) is 6.32. The molecule has 2 heteroatoms. The monoisotopic (exact) mass is 764 g/mol. The second-order valence-electron chi connectivity index (χ2n) is 15.3. The third-order valence-corrected chi connectivity index (χ3v) is 11.8. The first-order chi connectivity index (χ1) is 29.8. The van der Waals surface area contributed by atoms with E-state index in [1.807, 2.05) is 0 Å². The van der Waals surface area contributed by atoms with Gasteiger partial charge < -0.3 is 9.47 Å². The average molecular weight is 765 g/mol. The van der Waals surface area contributed by atoms with Crippen molar-refractivity contribution in [3.8, 4) is 50.2 Å². The van der Waals surface area contributed by atoms with Gasteiger partial charge in [0.1, 0.15) is 0 Å². The maximum atomic E-state index is 2.48. The lowest BCUT2D eigenvalue weighted by Gasteiger charge is -2.26. The summed E-state index contributed by atoms with van der Waals surface area (Å²) in [6.45, 7) is 0. The number of para-hydroxylation sites is 1. The average Bonchev–Trinajstić information content (AvgIpc) is 3.66. The van der Waals surface area contributed by atoms with E-state index in [2.05, 4.69) is 252 Å². The normalized spacial score (nSPS) is 11.3. The molecule has 0 radical (unpaired) electrons. The Bertz CT molecular complexity index is 3270. The molecule has 0 aliphatic heterocycles. The Hall–Kier alpha value is -7.94. The summed E-state index contributed by atoms with van der Waals surface area (Å²) >= 11 is 0. The SMILES string of the molecule is c1ccc(-c2ccc(N(c3ccc(-c4ccccc4-c4ccccc4)cc3)c3ccc4c5ccccc5n(-c5cc6ccccc6cc5-c5ccccc5)c4c3)cc2)cc1. The zero-order valence-corrected chi connectivity index (χ0v) is 33.0. The van der Waals surface area contributed by atoms with Gasteiger partial charge in [-0.05, 0) is 104 Å². The first kappa shape index (κ1) is 35.2. The molecule has 11 rings (SSSR count). The minimum atomic E-state index is 1.08. The maximum absolute atomic E-state index is 2.48. The first-order valence-corrected chi connectivity index (χ1v) is 20.6. The molecular formula is C58H40N2. The summed E-state index contributed by atoms with van der Waals surface area (Å²) in [6, 6.07) is 87.9. The minimum Gasteiger partial charge on any atom is -0.310 e. The number of hydrogen-bond donors (Lipinski definition) is 0. The Labute approximate surface area is 350 Å². The van der Waals surface area contributed by atoms with Gasteiger partial charge in [-0.15, -0.1) is 0 Å². The highest BCUT2D eigenvalue weighted by Crippen LogP contribution is 2.43. The molecule has 0 saturated heterocycles. The summed E-state index contributed by atoms with van der Waals surface area (Å²) < 4.78 is 2.48. The second kappa shape index (κ2) is 15.1. The van der Waals surface area contributed by atoms with E-state index in [4.69, 9.17) is 0 Å². The molecule has 0 saturated carbocycles. The second-order valence-corrected chi connectivity index (χ2v) is 15.3. The quantitative estimate of drug-likeness (QED) is 0.150. The molecule has 282 valence electrons. The van der Waals surface area contributed by atoms with Crippen molar-refractivity contribution >= 4 is 49.6 Å². The molecule has 0 atom stereocenters. The van der Waals surface area contributed by atoms with E-state index in [1.54, 1.807) is 0 Å². The molecule has 0 unspecified atom stereocenters. The number of fused-ring (bicyclic) bond motifs is 4. The Kier molecular flexibility index (Phi) is 8.87. The number of aromatic nitrogens is 1. The molecule has 0 N–H and O–H groups in total. The largest absolute Gasteiger partial charge is 0.310 e.